The number of para-hydroxylation sites is 1. The lowest BCUT2D eigenvalue weighted by molar-refractivity contribution is 0.0975. The number of aromatic nitrogens is 1. The maximum absolute atomic E-state index is 13.0. The Morgan fingerprint density at radius 3 is 2.75 bits per heavy atom. The molecule has 3 nitrogen and oxygen atoms in total. The van der Waals surface area contributed by atoms with Gasteiger partial charge in [-0.05, 0) is 68.1 Å². The number of nitrogens with zero attached hydrogens (tertiary/aromatic N) is 1. The first-order chi connectivity index (χ1) is 13.7. The van der Waals surface area contributed by atoms with Gasteiger partial charge in [0.1, 0.15) is 5.82 Å². The van der Waals surface area contributed by atoms with Gasteiger partial charge in [0.05, 0.1) is 0 Å². The standard InChI is InChI=1S/C24H25FN2O/c25-17-10-8-16(9-11-17)23(28)7-3-4-14-27-18-12-13-22(27)24-19-5-1-2-6-20(19)26-21(24)15-18/h1-2,5-6,8-11,18,22,26H,3-4,7,12-15H2/t18-,22+/m0/s1. The van der Waals surface area contributed by atoms with E-state index in [2.05, 4.69) is 34.1 Å². The van der Waals surface area contributed by atoms with E-state index in [1.54, 1.807) is 12.1 Å². The van der Waals surface area contributed by atoms with Crippen LogP contribution in [0.25, 0.3) is 10.9 Å². The summed E-state index contributed by atoms with van der Waals surface area (Å²) in [6.45, 7) is 1.05. The van der Waals surface area contributed by atoms with Crippen LogP contribution in [0.1, 0.15) is 59.8 Å². The molecule has 1 aromatic heterocycles. The van der Waals surface area contributed by atoms with Crippen LogP contribution in [0.4, 0.5) is 4.39 Å². The molecule has 2 aliphatic heterocycles. The molecule has 0 spiro atoms. The summed E-state index contributed by atoms with van der Waals surface area (Å²) in [6, 6.07) is 15.7. The number of halogens is 1. The zero-order valence-electron chi connectivity index (χ0n) is 16.0. The molecule has 2 aliphatic rings. The van der Waals surface area contributed by atoms with Gasteiger partial charge in [-0.3, -0.25) is 9.69 Å². The first-order valence-electron chi connectivity index (χ1n) is 10.3. The smallest absolute Gasteiger partial charge is 0.162 e. The molecule has 1 N–H and O–H groups in total. The number of carbonyl (C=O) groups is 1. The summed E-state index contributed by atoms with van der Waals surface area (Å²) in [6.07, 6.45) is 6.04. The highest BCUT2D eigenvalue weighted by molar-refractivity contribution is 5.95. The van der Waals surface area contributed by atoms with Crippen LogP contribution in [0.3, 0.4) is 0 Å². The number of Topliss-reactive ketones (excluding diaryl/α,β-unsaturated/α-hetero) is 1. The first-order valence-corrected chi connectivity index (χ1v) is 10.3. The molecule has 0 amide bonds. The first kappa shape index (κ1) is 17.6. The van der Waals surface area contributed by atoms with E-state index < -0.39 is 0 Å². The molecule has 2 aromatic carbocycles. The summed E-state index contributed by atoms with van der Waals surface area (Å²) in [7, 11) is 0. The second-order valence-electron chi connectivity index (χ2n) is 8.14. The molecule has 4 heteroatoms. The van der Waals surface area contributed by atoms with Crippen molar-refractivity contribution in [3.63, 3.8) is 0 Å². The van der Waals surface area contributed by atoms with Crippen molar-refractivity contribution in [2.45, 2.75) is 50.6 Å². The van der Waals surface area contributed by atoms with E-state index in [1.165, 1.54) is 47.1 Å². The summed E-state index contributed by atoms with van der Waals surface area (Å²) < 4.78 is 13.0. The van der Waals surface area contributed by atoms with E-state index in [1.807, 2.05) is 0 Å². The number of hydrogen-bond acceptors (Lipinski definition) is 2. The van der Waals surface area contributed by atoms with Crippen LogP contribution in [0.2, 0.25) is 0 Å². The number of hydrogen-bond donors (Lipinski definition) is 1. The molecule has 0 radical (unpaired) electrons. The van der Waals surface area contributed by atoms with Crippen molar-refractivity contribution in [1.29, 1.82) is 0 Å². The Kier molecular flexibility index (Phi) is 4.52. The summed E-state index contributed by atoms with van der Waals surface area (Å²) in [5, 5.41) is 1.37. The van der Waals surface area contributed by atoms with Gasteiger partial charge in [0, 0.05) is 47.1 Å². The molecule has 3 aromatic rings. The van der Waals surface area contributed by atoms with E-state index in [0.29, 0.717) is 24.1 Å². The lowest BCUT2D eigenvalue weighted by atomic mass is 9.96. The molecule has 2 atom stereocenters. The third-order valence-electron chi connectivity index (χ3n) is 6.48. The SMILES string of the molecule is O=C(CCCCN1[C@H]2CC[C@@H]1c1c([nH]c3ccccc13)C2)c1ccc(F)cc1. The van der Waals surface area contributed by atoms with Crippen LogP contribution in [-0.4, -0.2) is 28.3 Å². The molecule has 28 heavy (non-hydrogen) atoms. The second kappa shape index (κ2) is 7.17. The molecule has 0 saturated carbocycles. The summed E-state index contributed by atoms with van der Waals surface area (Å²) in [5.74, 6) is -0.186. The fourth-order valence-electron chi connectivity index (χ4n) is 5.16. The van der Waals surface area contributed by atoms with Gasteiger partial charge in [-0.25, -0.2) is 4.39 Å². The largest absolute Gasteiger partial charge is 0.358 e. The van der Waals surface area contributed by atoms with Gasteiger partial charge < -0.3 is 4.98 Å². The number of benzene rings is 2. The quantitative estimate of drug-likeness (QED) is 0.460. The average molecular weight is 376 g/mol. The zero-order chi connectivity index (χ0) is 19.1. The Balaban J connectivity index is 1.22. The van der Waals surface area contributed by atoms with Crippen molar-refractivity contribution < 1.29 is 9.18 Å². The number of fused-ring (bicyclic) bond motifs is 6. The summed E-state index contributed by atoms with van der Waals surface area (Å²) >= 11 is 0. The van der Waals surface area contributed by atoms with Gasteiger partial charge in [-0.2, -0.15) is 0 Å². The van der Waals surface area contributed by atoms with Gasteiger partial charge in [-0.15, -0.1) is 0 Å². The zero-order valence-corrected chi connectivity index (χ0v) is 16.0. The Bertz CT molecular complexity index is 1010. The number of aromatic amines is 1. The maximum atomic E-state index is 13.0. The maximum Gasteiger partial charge on any atom is 0.162 e. The van der Waals surface area contributed by atoms with Crippen LogP contribution in [0, 0.1) is 5.82 Å². The van der Waals surface area contributed by atoms with E-state index in [4.69, 9.17) is 0 Å². The Morgan fingerprint density at radius 2 is 1.89 bits per heavy atom. The number of carbonyl (C=O) groups excluding carboxylic acids is 1. The van der Waals surface area contributed by atoms with Gasteiger partial charge in [-0.1, -0.05) is 18.2 Å². The van der Waals surface area contributed by atoms with Crippen LogP contribution < -0.4 is 0 Å². The number of ketones is 1. The Labute approximate surface area is 164 Å². The van der Waals surface area contributed by atoms with Crippen LogP contribution in [-0.2, 0) is 6.42 Å². The third-order valence-corrected chi connectivity index (χ3v) is 6.48. The van der Waals surface area contributed by atoms with Crippen LogP contribution in [0.5, 0.6) is 0 Å². The highest BCUT2D eigenvalue weighted by Gasteiger charge is 2.41. The van der Waals surface area contributed by atoms with E-state index in [0.717, 1.165) is 25.8 Å². The van der Waals surface area contributed by atoms with Crippen molar-refractivity contribution in [2.24, 2.45) is 0 Å². The van der Waals surface area contributed by atoms with Crippen molar-refractivity contribution in [3.8, 4) is 0 Å². The Hall–Kier alpha value is -2.46. The molecule has 144 valence electrons. The lowest BCUT2D eigenvalue weighted by Gasteiger charge is -2.35. The minimum atomic E-state index is -0.297. The molecule has 5 rings (SSSR count). The number of unbranched alkanes of at least 4 members (excludes halogenated alkanes) is 1. The van der Waals surface area contributed by atoms with Crippen molar-refractivity contribution in [2.75, 3.05) is 6.54 Å². The number of nitrogens with one attached hydrogen (secondary N) is 1. The van der Waals surface area contributed by atoms with E-state index in [9.17, 15) is 9.18 Å². The molecular formula is C24H25FN2O. The monoisotopic (exact) mass is 376 g/mol. The molecule has 2 bridgehead atoms. The number of rotatable bonds is 6. The Morgan fingerprint density at radius 1 is 1.07 bits per heavy atom. The number of H-pyrrole nitrogens is 1. The van der Waals surface area contributed by atoms with Gasteiger partial charge >= 0.3 is 0 Å². The lowest BCUT2D eigenvalue weighted by Crippen LogP contribution is -2.37. The summed E-state index contributed by atoms with van der Waals surface area (Å²) in [5.41, 5.74) is 4.80. The predicted octanol–water partition coefficient (Wildman–Crippen LogP) is 5.42. The third kappa shape index (κ3) is 3.06. The fraction of sp³-hybridized carbons (Fsp3) is 0.375. The highest BCUT2D eigenvalue weighted by atomic mass is 19.1. The average Bonchev–Trinajstić information content (AvgIpc) is 3.21. The van der Waals surface area contributed by atoms with Crippen molar-refractivity contribution in [1.82, 2.24) is 9.88 Å². The van der Waals surface area contributed by atoms with Gasteiger partial charge in [0.25, 0.3) is 0 Å². The minimum Gasteiger partial charge on any atom is -0.358 e. The normalized spacial score (nSPS) is 21.2. The minimum absolute atomic E-state index is 0.112. The topological polar surface area (TPSA) is 36.1 Å². The van der Waals surface area contributed by atoms with E-state index >= 15 is 0 Å². The fourth-order valence-corrected chi connectivity index (χ4v) is 5.16. The van der Waals surface area contributed by atoms with E-state index in [-0.39, 0.29) is 11.6 Å². The van der Waals surface area contributed by atoms with Crippen molar-refractivity contribution >= 4 is 16.7 Å². The predicted molar refractivity (Wildman–Crippen MR) is 109 cm³/mol. The molecule has 1 saturated heterocycles. The molecule has 0 unspecified atom stereocenters. The van der Waals surface area contributed by atoms with Crippen LogP contribution >= 0.6 is 0 Å². The van der Waals surface area contributed by atoms with Gasteiger partial charge in [0.15, 0.2) is 5.78 Å². The summed E-state index contributed by atoms with van der Waals surface area (Å²) in [4.78, 5) is 18.6. The van der Waals surface area contributed by atoms with Crippen LogP contribution in [0.15, 0.2) is 48.5 Å². The molecular weight excluding hydrogens is 351 g/mol. The molecule has 1 fully saturated rings. The second-order valence-corrected chi connectivity index (χ2v) is 8.14. The molecule has 0 aliphatic carbocycles. The highest BCUT2D eigenvalue weighted by Crippen LogP contribution is 2.46. The molecule has 3 heterocycles. The van der Waals surface area contributed by atoms with Gasteiger partial charge in [0.2, 0.25) is 0 Å². The van der Waals surface area contributed by atoms with Crippen molar-refractivity contribution in [3.05, 3.63) is 71.2 Å².